The van der Waals surface area contributed by atoms with E-state index in [2.05, 4.69) is 11.6 Å². The molecule has 4 nitrogen and oxygen atoms in total. The predicted molar refractivity (Wildman–Crippen MR) is 63.8 cm³/mol. The Hall–Kier alpha value is -1.78. The zero-order valence-corrected chi connectivity index (χ0v) is 9.67. The van der Waals surface area contributed by atoms with E-state index in [1.54, 1.807) is 6.08 Å². The van der Waals surface area contributed by atoms with Crippen LogP contribution in [0.2, 0.25) is 0 Å². The highest BCUT2D eigenvalue weighted by Crippen LogP contribution is 2.20. The van der Waals surface area contributed by atoms with Crippen molar-refractivity contribution in [2.75, 3.05) is 13.6 Å². The summed E-state index contributed by atoms with van der Waals surface area (Å²) in [5, 5.41) is 0. The van der Waals surface area contributed by atoms with Crippen molar-refractivity contribution in [3.63, 3.8) is 0 Å². The molecule has 0 radical (unpaired) electrons. The Morgan fingerprint density at radius 2 is 2.29 bits per heavy atom. The number of halogens is 1. The minimum atomic E-state index is -1.14. The predicted octanol–water partition coefficient (Wildman–Crippen LogP) is 0.937. The Bertz CT molecular complexity index is 377. The third-order valence-electron chi connectivity index (χ3n) is 2.61. The van der Waals surface area contributed by atoms with E-state index >= 15 is 0 Å². The van der Waals surface area contributed by atoms with E-state index in [9.17, 15) is 14.0 Å². The molecule has 0 unspecified atom stereocenters. The van der Waals surface area contributed by atoms with Crippen molar-refractivity contribution in [1.29, 1.82) is 0 Å². The smallest absolute Gasteiger partial charge is 0.210 e. The Balaban J connectivity index is 2.84. The van der Waals surface area contributed by atoms with Crippen molar-refractivity contribution in [3.05, 3.63) is 24.8 Å². The van der Waals surface area contributed by atoms with Crippen LogP contribution in [0.5, 0.6) is 0 Å². The highest BCUT2D eigenvalue weighted by Gasteiger charge is 2.37. The first kappa shape index (κ1) is 13.3. The molecule has 1 rings (SSSR count). The van der Waals surface area contributed by atoms with Gasteiger partial charge in [-0.2, -0.15) is 0 Å². The highest BCUT2D eigenvalue weighted by atomic mass is 19.1. The fourth-order valence-electron chi connectivity index (χ4n) is 1.78. The third kappa shape index (κ3) is 3.09. The summed E-state index contributed by atoms with van der Waals surface area (Å²) in [5.74, 6) is -0.335. The van der Waals surface area contributed by atoms with Crippen LogP contribution in [0.4, 0.5) is 4.39 Å². The molecule has 0 saturated carbocycles. The third-order valence-corrected chi connectivity index (χ3v) is 2.61. The van der Waals surface area contributed by atoms with Crippen molar-refractivity contribution in [2.24, 2.45) is 4.99 Å². The van der Waals surface area contributed by atoms with Gasteiger partial charge in [-0.15, -0.1) is 0 Å². The molecule has 0 N–H and O–H groups in total. The number of allylic oxidation sites excluding steroid dienone is 3. The lowest BCUT2D eigenvalue weighted by molar-refractivity contribution is -0.125. The van der Waals surface area contributed by atoms with Crippen LogP contribution in [-0.2, 0) is 9.59 Å². The molecule has 1 amide bonds. The number of nitrogens with zero attached hydrogens (tertiary/aromatic N) is 2. The molecular formula is C12H15FN2O2. The molecule has 1 saturated heterocycles. The van der Waals surface area contributed by atoms with Crippen molar-refractivity contribution in [2.45, 2.75) is 18.6 Å². The molecule has 0 aromatic carbocycles. The molecule has 0 aromatic heterocycles. The van der Waals surface area contributed by atoms with Crippen LogP contribution in [0.15, 0.2) is 29.8 Å². The summed E-state index contributed by atoms with van der Waals surface area (Å²) in [6.45, 7) is 3.46. The molecule has 92 valence electrons. The van der Waals surface area contributed by atoms with Gasteiger partial charge in [-0.1, -0.05) is 18.7 Å². The minimum absolute atomic E-state index is 0.0257. The summed E-state index contributed by atoms with van der Waals surface area (Å²) in [5.41, 5.74) is 0.218. The Morgan fingerprint density at radius 1 is 1.59 bits per heavy atom. The first-order chi connectivity index (χ1) is 8.13. The number of rotatable bonds is 5. The number of carbonyl (C=O) groups is 2. The summed E-state index contributed by atoms with van der Waals surface area (Å²) in [6.07, 6.45) is 4.00. The van der Waals surface area contributed by atoms with E-state index in [4.69, 9.17) is 0 Å². The van der Waals surface area contributed by atoms with Crippen LogP contribution >= 0.6 is 0 Å². The second-order valence-electron chi connectivity index (χ2n) is 3.72. The maximum atomic E-state index is 13.2. The van der Waals surface area contributed by atoms with Crippen LogP contribution < -0.4 is 0 Å². The van der Waals surface area contributed by atoms with Crippen molar-refractivity contribution >= 4 is 17.9 Å². The lowest BCUT2D eigenvalue weighted by Gasteiger charge is -2.17. The topological polar surface area (TPSA) is 49.7 Å². The number of ketones is 1. The Morgan fingerprint density at radius 3 is 2.82 bits per heavy atom. The van der Waals surface area contributed by atoms with E-state index in [-0.39, 0.29) is 24.5 Å². The average molecular weight is 238 g/mol. The van der Waals surface area contributed by atoms with Gasteiger partial charge in [-0.05, 0) is 6.08 Å². The molecular weight excluding hydrogens is 223 g/mol. The fourth-order valence-corrected chi connectivity index (χ4v) is 1.78. The van der Waals surface area contributed by atoms with Gasteiger partial charge in [0.1, 0.15) is 11.9 Å². The van der Waals surface area contributed by atoms with Crippen molar-refractivity contribution in [1.82, 2.24) is 4.90 Å². The van der Waals surface area contributed by atoms with E-state index in [0.29, 0.717) is 6.41 Å². The largest absolute Gasteiger partial charge is 0.332 e. The van der Waals surface area contributed by atoms with Gasteiger partial charge in [-0.25, -0.2) is 4.39 Å². The number of aliphatic imine (C=N–C) groups is 1. The minimum Gasteiger partial charge on any atom is -0.332 e. The summed E-state index contributed by atoms with van der Waals surface area (Å²) in [6, 6.07) is -0.740. The summed E-state index contributed by atoms with van der Waals surface area (Å²) < 4.78 is 13.2. The molecule has 1 fully saturated rings. The Labute approximate surface area is 99.5 Å². The van der Waals surface area contributed by atoms with Crippen molar-refractivity contribution < 1.29 is 14.0 Å². The second kappa shape index (κ2) is 6.08. The first-order valence-corrected chi connectivity index (χ1v) is 5.29. The number of amides is 1. The van der Waals surface area contributed by atoms with Crippen LogP contribution in [0.3, 0.4) is 0 Å². The van der Waals surface area contributed by atoms with Gasteiger partial charge in [0.15, 0.2) is 0 Å². The maximum absolute atomic E-state index is 13.2. The molecule has 0 spiro atoms. The standard InChI is InChI=1S/C12H15FN2O2/c1-3-4-5-10(14-2)12(17)11-6-9(13)7-15(11)8-16/h3-5,8-9,11H,1,6-7H2,2H3/b5-4-,14-10+/t9-,11+/m1/s1. The number of likely N-dealkylation sites (tertiary alicyclic amines) is 1. The number of hydrogen-bond acceptors (Lipinski definition) is 3. The van der Waals surface area contributed by atoms with Gasteiger partial charge < -0.3 is 4.90 Å². The monoisotopic (exact) mass is 238 g/mol. The first-order valence-electron chi connectivity index (χ1n) is 5.29. The number of hydrogen-bond donors (Lipinski definition) is 0. The molecule has 17 heavy (non-hydrogen) atoms. The number of Topliss-reactive ketones (excluding diaryl/α,β-unsaturated/α-hetero) is 1. The van der Waals surface area contributed by atoms with Gasteiger partial charge in [0.2, 0.25) is 12.2 Å². The maximum Gasteiger partial charge on any atom is 0.210 e. The zero-order chi connectivity index (χ0) is 12.8. The second-order valence-corrected chi connectivity index (χ2v) is 3.72. The molecule has 0 aromatic rings. The zero-order valence-electron chi connectivity index (χ0n) is 9.67. The van der Waals surface area contributed by atoms with Crippen LogP contribution in [0, 0.1) is 0 Å². The van der Waals surface area contributed by atoms with Gasteiger partial charge in [-0.3, -0.25) is 14.6 Å². The van der Waals surface area contributed by atoms with Crippen LogP contribution in [0.25, 0.3) is 0 Å². The summed E-state index contributed by atoms with van der Waals surface area (Å²) in [4.78, 5) is 27.8. The molecule has 2 atom stereocenters. The number of alkyl halides is 1. The van der Waals surface area contributed by atoms with Gasteiger partial charge in [0.05, 0.1) is 12.6 Å². The van der Waals surface area contributed by atoms with E-state index in [0.717, 1.165) is 0 Å². The van der Waals surface area contributed by atoms with Crippen LogP contribution in [0.1, 0.15) is 6.42 Å². The van der Waals surface area contributed by atoms with E-state index in [1.807, 2.05) is 0 Å². The SMILES string of the molecule is C=C/C=C\C(=N/C)C(=O)[C@@H]1C[C@@H](F)CN1C=O. The molecule has 0 bridgehead atoms. The number of carbonyl (C=O) groups excluding carboxylic acids is 2. The van der Waals surface area contributed by atoms with Gasteiger partial charge in [0, 0.05) is 13.5 Å². The van der Waals surface area contributed by atoms with Crippen molar-refractivity contribution in [3.8, 4) is 0 Å². The molecule has 1 aliphatic rings. The lowest BCUT2D eigenvalue weighted by atomic mass is 10.0. The quantitative estimate of drug-likeness (QED) is 0.406. The summed E-state index contributed by atoms with van der Waals surface area (Å²) >= 11 is 0. The van der Waals surface area contributed by atoms with E-state index < -0.39 is 12.2 Å². The van der Waals surface area contributed by atoms with Gasteiger partial charge in [0.25, 0.3) is 0 Å². The molecule has 0 aliphatic carbocycles. The normalized spacial score (nSPS) is 25.3. The summed E-state index contributed by atoms with van der Waals surface area (Å²) in [7, 11) is 1.48. The fraction of sp³-hybridized carbons (Fsp3) is 0.417. The van der Waals surface area contributed by atoms with Crippen LogP contribution in [-0.4, -0.2) is 48.6 Å². The van der Waals surface area contributed by atoms with Gasteiger partial charge >= 0.3 is 0 Å². The molecule has 5 heteroatoms. The van der Waals surface area contributed by atoms with E-state index in [1.165, 1.54) is 24.1 Å². The Kier molecular flexibility index (Phi) is 4.75. The highest BCUT2D eigenvalue weighted by molar-refractivity contribution is 6.46. The molecule has 1 heterocycles. The lowest BCUT2D eigenvalue weighted by Crippen LogP contribution is -2.38. The molecule has 1 aliphatic heterocycles. The average Bonchev–Trinajstić information content (AvgIpc) is 2.71.